The lowest BCUT2D eigenvalue weighted by molar-refractivity contribution is 1.49. The summed E-state index contributed by atoms with van der Waals surface area (Å²) in [6.45, 7) is 7.48. The molecule has 0 aromatic heterocycles. The normalized spacial score (nSPS) is 11.2. The largest absolute Gasteiger partial charge is 0.269 e. The predicted octanol–water partition coefficient (Wildman–Crippen LogP) is 2.17. The van der Waals surface area contributed by atoms with Gasteiger partial charge >= 0.3 is 0 Å². The van der Waals surface area contributed by atoms with E-state index in [4.69, 9.17) is 0 Å². The van der Waals surface area contributed by atoms with Gasteiger partial charge in [0, 0.05) is 12.4 Å². The Hall–Kier alpha value is -0.850. The van der Waals surface area contributed by atoms with Crippen LogP contribution in [0.4, 0.5) is 0 Å². The topological polar surface area (TPSA) is 12.4 Å². The first kappa shape index (κ1) is 7.15. The zero-order chi connectivity index (χ0) is 6.41. The van der Waals surface area contributed by atoms with Crippen molar-refractivity contribution in [3.8, 4) is 0 Å². The molecule has 0 bridgehead atoms. The fraction of sp³-hybridized carbons (Fsp3) is 0.286. The Morgan fingerprint density at radius 2 is 2.25 bits per heavy atom. The van der Waals surface area contributed by atoms with E-state index in [1.165, 1.54) is 0 Å². The van der Waals surface area contributed by atoms with Gasteiger partial charge in [0.25, 0.3) is 0 Å². The van der Waals surface area contributed by atoms with Gasteiger partial charge in [0.05, 0.1) is 0 Å². The van der Waals surface area contributed by atoms with E-state index in [1.54, 1.807) is 12.4 Å². The van der Waals surface area contributed by atoms with Gasteiger partial charge in [0.1, 0.15) is 0 Å². The van der Waals surface area contributed by atoms with Gasteiger partial charge in [-0.15, -0.1) is 0 Å². The minimum Gasteiger partial charge on any atom is -0.269 e. The highest BCUT2D eigenvalue weighted by Gasteiger charge is 1.67. The number of nitrogens with zero attached hydrogens (tertiary/aromatic N) is 1. The highest BCUT2D eigenvalue weighted by Crippen LogP contribution is 1.87. The summed E-state index contributed by atoms with van der Waals surface area (Å²) in [6.07, 6.45) is 5.32. The summed E-state index contributed by atoms with van der Waals surface area (Å²) >= 11 is 0. The summed E-state index contributed by atoms with van der Waals surface area (Å²) in [4.78, 5) is 3.85. The van der Waals surface area contributed by atoms with E-state index in [0.29, 0.717) is 0 Å². The molecular weight excluding hydrogens is 98.1 g/mol. The summed E-state index contributed by atoms with van der Waals surface area (Å²) in [5.74, 6) is 0. The molecule has 0 unspecified atom stereocenters. The third kappa shape index (κ3) is 5.15. The van der Waals surface area contributed by atoms with Crippen LogP contribution in [0.3, 0.4) is 0 Å². The van der Waals surface area contributed by atoms with Crippen molar-refractivity contribution in [3.63, 3.8) is 0 Å². The second-order valence-corrected chi connectivity index (χ2v) is 1.57. The number of rotatable bonds is 2. The van der Waals surface area contributed by atoms with E-state index in [0.717, 1.165) is 5.57 Å². The van der Waals surface area contributed by atoms with Gasteiger partial charge in [-0.05, 0) is 19.9 Å². The Morgan fingerprint density at radius 3 is 2.62 bits per heavy atom. The molecule has 0 radical (unpaired) electrons. The third-order valence-electron chi connectivity index (χ3n) is 0.594. The van der Waals surface area contributed by atoms with E-state index in [-0.39, 0.29) is 0 Å². The molecule has 1 heteroatoms. The smallest absolute Gasteiger partial charge is 0.0266 e. The Balaban J connectivity index is 3.50. The van der Waals surface area contributed by atoms with Crippen LogP contribution in [0, 0.1) is 0 Å². The number of hydrogen-bond acceptors (Lipinski definition) is 1. The molecule has 0 atom stereocenters. The molecule has 0 aliphatic carbocycles. The second kappa shape index (κ2) is 4.31. The maximum absolute atomic E-state index is 3.85. The third-order valence-corrected chi connectivity index (χ3v) is 0.594. The average molecular weight is 109 g/mol. The molecule has 44 valence electrons. The summed E-state index contributed by atoms with van der Waals surface area (Å²) in [5, 5.41) is 0. The van der Waals surface area contributed by atoms with Crippen molar-refractivity contribution < 1.29 is 0 Å². The monoisotopic (exact) mass is 109 g/mol. The molecule has 1 nitrogen and oxygen atoms in total. The van der Waals surface area contributed by atoms with E-state index < -0.39 is 0 Å². The molecule has 0 spiro atoms. The molecule has 0 aromatic rings. The van der Waals surface area contributed by atoms with Crippen LogP contribution in [0.1, 0.15) is 13.8 Å². The predicted molar refractivity (Wildman–Crippen MR) is 38.1 cm³/mol. The van der Waals surface area contributed by atoms with Crippen LogP contribution < -0.4 is 0 Å². The maximum atomic E-state index is 3.85. The Labute approximate surface area is 50.4 Å². The van der Waals surface area contributed by atoms with Gasteiger partial charge < -0.3 is 0 Å². The average Bonchev–Trinajstić information content (AvgIpc) is 1.66. The molecule has 8 heavy (non-hydrogen) atoms. The van der Waals surface area contributed by atoms with Crippen LogP contribution in [0.25, 0.3) is 0 Å². The van der Waals surface area contributed by atoms with Gasteiger partial charge in [0.2, 0.25) is 0 Å². The Kier molecular flexibility index (Phi) is 3.85. The van der Waals surface area contributed by atoms with E-state index >= 15 is 0 Å². The Morgan fingerprint density at radius 1 is 1.62 bits per heavy atom. The Bertz CT molecular complexity index is 120. The van der Waals surface area contributed by atoms with E-state index in [1.807, 2.05) is 19.9 Å². The van der Waals surface area contributed by atoms with Crippen molar-refractivity contribution in [2.75, 3.05) is 0 Å². The molecule has 0 aliphatic heterocycles. The summed E-state index contributed by atoms with van der Waals surface area (Å²) < 4.78 is 0. The second-order valence-electron chi connectivity index (χ2n) is 1.57. The van der Waals surface area contributed by atoms with Gasteiger partial charge in [-0.25, -0.2) is 0 Å². The molecule has 0 saturated carbocycles. The SMILES string of the molecule is C=C(C)/C=C\N=C/C. The van der Waals surface area contributed by atoms with Crippen LogP contribution in [-0.4, -0.2) is 6.21 Å². The maximum Gasteiger partial charge on any atom is 0.0266 e. The first-order valence-corrected chi connectivity index (χ1v) is 2.57. The van der Waals surface area contributed by atoms with Crippen LogP contribution in [0.5, 0.6) is 0 Å². The first-order valence-electron chi connectivity index (χ1n) is 2.57. The fourth-order valence-electron chi connectivity index (χ4n) is 0.256. The molecule has 0 aliphatic rings. The minimum atomic E-state index is 1.02. The lowest BCUT2D eigenvalue weighted by Crippen LogP contribution is -1.59. The highest BCUT2D eigenvalue weighted by atomic mass is 14.6. The van der Waals surface area contributed by atoms with E-state index in [2.05, 4.69) is 11.6 Å². The van der Waals surface area contributed by atoms with E-state index in [9.17, 15) is 0 Å². The molecule has 0 fully saturated rings. The molecule has 0 rings (SSSR count). The summed E-state index contributed by atoms with van der Waals surface area (Å²) in [6, 6.07) is 0. The van der Waals surface area contributed by atoms with Crippen molar-refractivity contribution in [2.45, 2.75) is 13.8 Å². The van der Waals surface area contributed by atoms with Gasteiger partial charge in [-0.1, -0.05) is 12.2 Å². The molecule has 0 aromatic carbocycles. The van der Waals surface area contributed by atoms with Crippen LogP contribution >= 0.6 is 0 Å². The van der Waals surface area contributed by atoms with Gasteiger partial charge in [0.15, 0.2) is 0 Å². The summed E-state index contributed by atoms with van der Waals surface area (Å²) in [7, 11) is 0. The zero-order valence-corrected chi connectivity index (χ0v) is 5.39. The lowest BCUT2D eigenvalue weighted by atomic mass is 10.3. The summed E-state index contributed by atoms with van der Waals surface area (Å²) in [5.41, 5.74) is 1.02. The molecule has 0 saturated heterocycles. The van der Waals surface area contributed by atoms with Gasteiger partial charge in [-0.2, -0.15) is 0 Å². The molecular formula is C7H11N. The lowest BCUT2D eigenvalue weighted by Gasteiger charge is -1.78. The fourth-order valence-corrected chi connectivity index (χ4v) is 0.256. The molecule has 0 heterocycles. The van der Waals surface area contributed by atoms with Crippen molar-refractivity contribution in [3.05, 3.63) is 24.4 Å². The number of hydrogen-bond donors (Lipinski definition) is 0. The molecule has 0 N–H and O–H groups in total. The number of allylic oxidation sites excluding steroid dienone is 2. The van der Waals surface area contributed by atoms with Crippen LogP contribution in [-0.2, 0) is 0 Å². The van der Waals surface area contributed by atoms with Crippen molar-refractivity contribution >= 4 is 6.21 Å². The van der Waals surface area contributed by atoms with Gasteiger partial charge in [-0.3, -0.25) is 4.99 Å². The quantitative estimate of drug-likeness (QED) is 0.380. The number of aliphatic imine (C=N–C) groups is 1. The molecule has 0 amide bonds. The van der Waals surface area contributed by atoms with Crippen LogP contribution in [0.2, 0.25) is 0 Å². The minimum absolute atomic E-state index is 1.02. The van der Waals surface area contributed by atoms with Crippen molar-refractivity contribution in [2.24, 2.45) is 4.99 Å². The zero-order valence-electron chi connectivity index (χ0n) is 5.39. The van der Waals surface area contributed by atoms with Crippen LogP contribution in [0.15, 0.2) is 29.4 Å². The standard InChI is InChI=1S/C7H11N/c1-4-8-6-5-7(2)3/h4-6H,2H2,1,3H3/b6-5-,8-4-. The highest BCUT2D eigenvalue weighted by molar-refractivity contribution is 5.54. The van der Waals surface area contributed by atoms with Crippen molar-refractivity contribution in [1.29, 1.82) is 0 Å². The first-order chi connectivity index (χ1) is 3.77. The van der Waals surface area contributed by atoms with Crippen molar-refractivity contribution in [1.82, 2.24) is 0 Å².